The van der Waals surface area contributed by atoms with Crippen molar-refractivity contribution in [2.75, 3.05) is 12.8 Å². The van der Waals surface area contributed by atoms with Crippen molar-refractivity contribution in [2.45, 2.75) is 18.8 Å². The molecule has 1 aliphatic carbocycles. The van der Waals surface area contributed by atoms with Crippen LogP contribution in [0.5, 0.6) is 5.75 Å². The lowest BCUT2D eigenvalue weighted by Gasteiger charge is -2.14. The Morgan fingerprint density at radius 1 is 1.25 bits per heavy atom. The molecule has 7 heteroatoms. The Balaban J connectivity index is 2.09. The van der Waals surface area contributed by atoms with E-state index in [1.807, 2.05) is 6.07 Å². The third-order valence-corrected chi connectivity index (χ3v) is 4.18. The van der Waals surface area contributed by atoms with Crippen LogP contribution in [0.15, 0.2) is 35.1 Å². The number of ether oxygens (including phenoxy) is 1. The van der Waals surface area contributed by atoms with Gasteiger partial charge in [-0.1, -0.05) is 6.07 Å². The lowest BCUT2D eigenvalue weighted by atomic mass is 10.2. The molecule has 1 fully saturated rings. The molecule has 1 aromatic carbocycles. The van der Waals surface area contributed by atoms with E-state index in [0.29, 0.717) is 17.0 Å². The molecule has 2 heterocycles. The number of hydrogen-bond acceptors (Lipinski definition) is 5. The molecular formula is C17H15FN4O2. The minimum absolute atomic E-state index is 0.0360. The first kappa shape index (κ1) is 14.6. The second kappa shape index (κ2) is 5.30. The van der Waals surface area contributed by atoms with Crippen molar-refractivity contribution in [2.24, 2.45) is 0 Å². The fourth-order valence-electron chi connectivity index (χ4n) is 2.84. The summed E-state index contributed by atoms with van der Waals surface area (Å²) in [6, 6.07) is 8.07. The second-order valence-electron chi connectivity index (χ2n) is 5.79. The van der Waals surface area contributed by atoms with E-state index in [1.165, 1.54) is 23.8 Å². The molecule has 6 nitrogen and oxygen atoms in total. The number of hydrogen-bond donors (Lipinski definition) is 1. The zero-order valence-corrected chi connectivity index (χ0v) is 13.0. The highest BCUT2D eigenvalue weighted by Crippen LogP contribution is 2.39. The lowest BCUT2D eigenvalue weighted by Crippen LogP contribution is -2.24. The van der Waals surface area contributed by atoms with Crippen molar-refractivity contribution in [1.29, 1.82) is 0 Å². The molecule has 4 rings (SSSR count). The van der Waals surface area contributed by atoms with Crippen molar-refractivity contribution in [3.8, 4) is 11.4 Å². The molecule has 122 valence electrons. The number of para-hydroxylation sites is 1. The summed E-state index contributed by atoms with van der Waals surface area (Å²) in [5.41, 5.74) is 6.77. The Hall–Kier alpha value is -2.96. The predicted molar refractivity (Wildman–Crippen MR) is 88.0 cm³/mol. The third-order valence-electron chi connectivity index (χ3n) is 4.18. The van der Waals surface area contributed by atoms with Gasteiger partial charge in [0.1, 0.15) is 5.82 Å². The summed E-state index contributed by atoms with van der Waals surface area (Å²) in [6.07, 6.45) is 2.15. The molecule has 2 N–H and O–H groups in total. The molecule has 0 unspecified atom stereocenters. The van der Waals surface area contributed by atoms with Gasteiger partial charge in [-0.2, -0.15) is 4.98 Å². The number of fused-ring (bicyclic) bond motifs is 1. The molecular weight excluding hydrogens is 311 g/mol. The van der Waals surface area contributed by atoms with Gasteiger partial charge in [0.2, 0.25) is 0 Å². The maximum atomic E-state index is 14.1. The SMILES string of the molecule is COc1c(F)cccc1-n1c(=O)nc(N)c2ccc(C3CC3)nc21. The number of nitrogens with two attached hydrogens (primary N) is 1. The number of aromatic nitrogens is 3. The van der Waals surface area contributed by atoms with Gasteiger partial charge in [0.15, 0.2) is 17.2 Å². The molecule has 0 spiro atoms. The van der Waals surface area contributed by atoms with Crippen LogP contribution in [0.25, 0.3) is 16.7 Å². The fraction of sp³-hybridized carbons (Fsp3) is 0.235. The Morgan fingerprint density at radius 3 is 2.75 bits per heavy atom. The van der Waals surface area contributed by atoms with Crippen LogP contribution in [0.1, 0.15) is 24.5 Å². The van der Waals surface area contributed by atoms with E-state index in [0.717, 1.165) is 18.5 Å². The van der Waals surface area contributed by atoms with Gasteiger partial charge in [0, 0.05) is 11.6 Å². The molecule has 1 aliphatic rings. The topological polar surface area (TPSA) is 83.0 Å². The normalized spacial score (nSPS) is 14.1. The Bertz CT molecular complexity index is 1010. The fourth-order valence-corrected chi connectivity index (χ4v) is 2.84. The number of nitrogen functional groups attached to an aromatic ring is 1. The average molecular weight is 326 g/mol. The number of rotatable bonds is 3. The summed E-state index contributed by atoms with van der Waals surface area (Å²) < 4.78 is 20.4. The van der Waals surface area contributed by atoms with Crippen molar-refractivity contribution >= 4 is 16.9 Å². The summed E-state index contributed by atoms with van der Waals surface area (Å²) in [6.45, 7) is 0. The minimum Gasteiger partial charge on any atom is -0.492 e. The Kier molecular flexibility index (Phi) is 3.23. The van der Waals surface area contributed by atoms with Gasteiger partial charge in [-0.3, -0.25) is 0 Å². The molecule has 0 atom stereocenters. The largest absolute Gasteiger partial charge is 0.492 e. The highest BCUT2D eigenvalue weighted by molar-refractivity contribution is 5.86. The van der Waals surface area contributed by atoms with Crippen molar-refractivity contribution in [1.82, 2.24) is 14.5 Å². The van der Waals surface area contributed by atoms with Crippen LogP contribution in [0.3, 0.4) is 0 Å². The van der Waals surface area contributed by atoms with Crippen LogP contribution in [-0.4, -0.2) is 21.6 Å². The maximum absolute atomic E-state index is 14.1. The summed E-state index contributed by atoms with van der Waals surface area (Å²) in [7, 11) is 1.35. The van der Waals surface area contributed by atoms with Crippen LogP contribution in [0.2, 0.25) is 0 Å². The number of benzene rings is 1. The van der Waals surface area contributed by atoms with E-state index in [-0.39, 0.29) is 17.3 Å². The van der Waals surface area contributed by atoms with Gasteiger partial charge >= 0.3 is 5.69 Å². The van der Waals surface area contributed by atoms with E-state index in [4.69, 9.17) is 10.5 Å². The summed E-state index contributed by atoms with van der Waals surface area (Å²) >= 11 is 0. The maximum Gasteiger partial charge on any atom is 0.355 e. The van der Waals surface area contributed by atoms with E-state index in [9.17, 15) is 9.18 Å². The quantitative estimate of drug-likeness (QED) is 0.799. The number of pyridine rings is 1. The highest BCUT2D eigenvalue weighted by Gasteiger charge is 2.26. The molecule has 1 saturated carbocycles. The summed E-state index contributed by atoms with van der Waals surface area (Å²) in [4.78, 5) is 20.9. The van der Waals surface area contributed by atoms with Gasteiger partial charge in [-0.05, 0) is 37.1 Å². The molecule has 0 amide bonds. The number of halogens is 1. The standard InChI is InChI=1S/C17H15FN4O2/c1-24-14-11(18)3-2-4-13(14)22-16-10(15(19)21-17(22)23)7-8-12(20-16)9-5-6-9/h2-4,7-9H,5-6H2,1H3,(H2,19,21,23). The van der Waals surface area contributed by atoms with Gasteiger partial charge in [0.25, 0.3) is 0 Å². The first-order valence-electron chi connectivity index (χ1n) is 7.62. The molecule has 3 aromatic rings. The lowest BCUT2D eigenvalue weighted by molar-refractivity contribution is 0.384. The molecule has 0 bridgehead atoms. The molecule has 0 saturated heterocycles. The second-order valence-corrected chi connectivity index (χ2v) is 5.79. The van der Waals surface area contributed by atoms with Crippen LogP contribution in [-0.2, 0) is 0 Å². The number of methoxy groups -OCH3 is 1. The zero-order chi connectivity index (χ0) is 16.8. The van der Waals surface area contributed by atoms with Crippen LogP contribution in [0.4, 0.5) is 10.2 Å². The van der Waals surface area contributed by atoms with Gasteiger partial charge in [-0.15, -0.1) is 0 Å². The first-order valence-corrected chi connectivity index (χ1v) is 7.62. The Morgan fingerprint density at radius 2 is 2.04 bits per heavy atom. The molecule has 2 aromatic heterocycles. The zero-order valence-electron chi connectivity index (χ0n) is 13.0. The minimum atomic E-state index is -0.621. The predicted octanol–water partition coefficient (Wildman–Crippen LogP) is 2.39. The molecule has 24 heavy (non-hydrogen) atoms. The van der Waals surface area contributed by atoms with Crippen LogP contribution in [0, 0.1) is 5.82 Å². The number of nitrogens with zero attached hydrogens (tertiary/aromatic N) is 3. The highest BCUT2D eigenvalue weighted by atomic mass is 19.1. The Labute approximate surface area is 136 Å². The van der Waals surface area contributed by atoms with E-state index >= 15 is 0 Å². The van der Waals surface area contributed by atoms with E-state index < -0.39 is 11.5 Å². The van der Waals surface area contributed by atoms with Crippen LogP contribution >= 0.6 is 0 Å². The summed E-state index contributed by atoms with van der Waals surface area (Å²) in [5, 5.41) is 0.547. The van der Waals surface area contributed by atoms with Crippen molar-refractivity contribution < 1.29 is 9.13 Å². The van der Waals surface area contributed by atoms with Gasteiger partial charge in [0.05, 0.1) is 18.2 Å². The number of anilines is 1. The van der Waals surface area contributed by atoms with E-state index in [1.54, 1.807) is 12.1 Å². The molecule has 0 aliphatic heterocycles. The van der Waals surface area contributed by atoms with Crippen molar-refractivity contribution in [3.63, 3.8) is 0 Å². The first-order chi connectivity index (χ1) is 11.6. The van der Waals surface area contributed by atoms with Gasteiger partial charge in [-0.25, -0.2) is 18.7 Å². The van der Waals surface area contributed by atoms with Gasteiger partial charge < -0.3 is 10.5 Å². The van der Waals surface area contributed by atoms with Crippen molar-refractivity contribution in [3.05, 3.63) is 52.3 Å². The monoisotopic (exact) mass is 326 g/mol. The summed E-state index contributed by atoms with van der Waals surface area (Å²) in [5.74, 6) is -0.0884. The molecule has 0 radical (unpaired) electrons. The smallest absolute Gasteiger partial charge is 0.355 e. The van der Waals surface area contributed by atoms with Crippen LogP contribution < -0.4 is 16.2 Å². The van der Waals surface area contributed by atoms with E-state index in [2.05, 4.69) is 9.97 Å². The average Bonchev–Trinajstić information content (AvgIpc) is 3.39. The third kappa shape index (κ3) is 2.20.